The number of carbonyl (C=O) groups is 1. The maximum Gasteiger partial charge on any atom is 0.416 e. The van der Waals surface area contributed by atoms with E-state index in [1.54, 1.807) is 0 Å². The van der Waals surface area contributed by atoms with Gasteiger partial charge in [0.05, 0.1) is 18.7 Å². The van der Waals surface area contributed by atoms with Gasteiger partial charge in [0.25, 0.3) is 0 Å². The minimum absolute atomic E-state index is 0.0754. The van der Waals surface area contributed by atoms with E-state index in [9.17, 15) is 18.0 Å². The lowest BCUT2D eigenvalue weighted by Gasteiger charge is -2.37. The fourth-order valence-corrected chi connectivity index (χ4v) is 3.42. The number of halogens is 3. The van der Waals surface area contributed by atoms with Crippen molar-refractivity contribution in [3.05, 3.63) is 29.8 Å². The van der Waals surface area contributed by atoms with Gasteiger partial charge < -0.3 is 14.7 Å². The Labute approximate surface area is 157 Å². The number of nitrogens with zero attached hydrogens (tertiary/aromatic N) is 2. The van der Waals surface area contributed by atoms with Crippen molar-refractivity contribution in [1.29, 1.82) is 0 Å². The number of carboxylic acids is 1. The van der Waals surface area contributed by atoms with Crippen molar-refractivity contribution in [2.45, 2.75) is 38.4 Å². The van der Waals surface area contributed by atoms with E-state index in [0.717, 1.165) is 57.6 Å². The van der Waals surface area contributed by atoms with E-state index in [-0.39, 0.29) is 12.3 Å². The van der Waals surface area contributed by atoms with Crippen LogP contribution in [0.3, 0.4) is 0 Å². The van der Waals surface area contributed by atoms with Crippen LogP contribution in [0.2, 0.25) is 0 Å². The molecule has 0 bridgehead atoms. The van der Waals surface area contributed by atoms with Gasteiger partial charge in [0, 0.05) is 12.6 Å². The Kier molecular flexibility index (Phi) is 7.91. The summed E-state index contributed by atoms with van der Waals surface area (Å²) in [5.74, 6) is -0.568. The summed E-state index contributed by atoms with van der Waals surface area (Å²) in [7, 11) is 0. The van der Waals surface area contributed by atoms with Gasteiger partial charge in [-0.05, 0) is 57.1 Å². The highest BCUT2D eigenvalue weighted by Gasteiger charge is 2.30. The van der Waals surface area contributed by atoms with Gasteiger partial charge in [-0.2, -0.15) is 13.2 Å². The number of ether oxygens (including phenoxy) is 1. The van der Waals surface area contributed by atoms with Crippen LogP contribution < -0.4 is 4.74 Å². The third-order valence-electron chi connectivity index (χ3n) is 4.87. The number of hydrogen-bond acceptors (Lipinski definition) is 4. The fourth-order valence-electron chi connectivity index (χ4n) is 3.42. The second-order valence-electron chi connectivity index (χ2n) is 6.76. The summed E-state index contributed by atoms with van der Waals surface area (Å²) in [5.41, 5.74) is -0.705. The van der Waals surface area contributed by atoms with Gasteiger partial charge in [-0.3, -0.25) is 9.69 Å². The van der Waals surface area contributed by atoms with Gasteiger partial charge >= 0.3 is 12.1 Å². The number of rotatable bonds is 9. The van der Waals surface area contributed by atoms with Gasteiger partial charge in [-0.15, -0.1) is 0 Å². The monoisotopic (exact) mass is 388 g/mol. The second-order valence-corrected chi connectivity index (χ2v) is 6.76. The van der Waals surface area contributed by atoms with Crippen molar-refractivity contribution in [3.8, 4) is 5.75 Å². The van der Waals surface area contributed by atoms with Crippen LogP contribution in [0, 0.1) is 0 Å². The molecule has 1 heterocycles. The highest BCUT2D eigenvalue weighted by molar-refractivity contribution is 5.69. The fraction of sp³-hybridized carbons (Fsp3) is 0.632. The van der Waals surface area contributed by atoms with Gasteiger partial charge in [0.15, 0.2) is 0 Å². The zero-order valence-corrected chi connectivity index (χ0v) is 15.5. The van der Waals surface area contributed by atoms with E-state index >= 15 is 0 Å². The standard InChI is InChI=1S/C19H27F3N2O3/c1-2-24(14-18(25)26)16-7-10-23(11-8-16)9-4-12-27-17-6-3-5-15(13-17)19(20,21)22/h3,5-6,13,16H,2,4,7-12,14H2,1H3,(H,25,26). The Morgan fingerprint density at radius 1 is 1.33 bits per heavy atom. The Morgan fingerprint density at radius 2 is 2.04 bits per heavy atom. The van der Waals surface area contributed by atoms with E-state index in [1.165, 1.54) is 12.1 Å². The predicted molar refractivity (Wildman–Crippen MR) is 95.9 cm³/mol. The molecule has 0 radical (unpaired) electrons. The normalized spacial score (nSPS) is 16.6. The Hall–Kier alpha value is -1.80. The molecule has 0 spiro atoms. The molecule has 0 aromatic heterocycles. The number of piperidine rings is 1. The summed E-state index contributed by atoms with van der Waals surface area (Å²) < 4.78 is 43.5. The molecule has 5 nitrogen and oxygen atoms in total. The van der Waals surface area contributed by atoms with E-state index in [4.69, 9.17) is 9.84 Å². The average molecular weight is 388 g/mol. The Morgan fingerprint density at radius 3 is 2.63 bits per heavy atom. The first-order valence-corrected chi connectivity index (χ1v) is 9.28. The van der Waals surface area contributed by atoms with Crippen molar-refractivity contribution < 1.29 is 27.8 Å². The number of likely N-dealkylation sites (N-methyl/N-ethyl adjacent to an activating group) is 1. The lowest BCUT2D eigenvalue weighted by Crippen LogP contribution is -2.46. The summed E-state index contributed by atoms with van der Waals surface area (Å²) >= 11 is 0. The van der Waals surface area contributed by atoms with Crippen molar-refractivity contribution in [2.24, 2.45) is 0 Å². The highest BCUT2D eigenvalue weighted by Crippen LogP contribution is 2.31. The van der Waals surface area contributed by atoms with Crippen LogP contribution in [0.1, 0.15) is 31.7 Å². The van der Waals surface area contributed by atoms with E-state index < -0.39 is 17.7 Å². The number of aliphatic carboxylic acids is 1. The predicted octanol–water partition coefficient (Wildman–Crippen LogP) is 3.35. The maximum absolute atomic E-state index is 12.7. The molecule has 1 aromatic carbocycles. The van der Waals surface area contributed by atoms with Crippen molar-refractivity contribution in [2.75, 3.05) is 39.3 Å². The summed E-state index contributed by atoms with van der Waals surface area (Å²) in [5, 5.41) is 8.97. The molecular formula is C19H27F3N2O3. The third kappa shape index (κ3) is 7.03. The lowest BCUT2D eigenvalue weighted by molar-refractivity contribution is -0.139. The maximum atomic E-state index is 12.7. The Balaban J connectivity index is 1.68. The SMILES string of the molecule is CCN(CC(=O)O)C1CCN(CCCOc2cccc(C(F)(F)F)c2)CC1. The smallest absolute Gasteiger partial charge is 0.416 e. The van der Waals surface area contributed by atoms with Crippen molar-refractivity contribution >= 4 is 5.97 Å². The molecule has 0 amide bonds. The molecule has 27 heavy (non-hydrogen) atoms. The van der Waals surface area contributed by atoms with Gasteiger partial charge in [-0.25, -0.2) is 0 Å². The van der Waals surface area contributed by atoms with Gasteiger partial charge in [0.2, 0.25) is 0 Å². The van der Waals surface area contributed by atoms with Crippen molar-refractivity contribution in [1.82, 2.24) is 9.80 Å². The van der Waals surface area contributed by atoms with E-state index in [1.807, 2.05) is 11.8 Å². The summed E-state index contributed by atoms with van der Waals surface area (Å²) in [4.78, 5) is 15.2. The van der Waals surface area contributed by atoms with Crippen LogP contribution in [0.4, 0.5) is 13.2 Å². The number of hydrogen-bond donors (Lipinski definition) is 1. The average Bonchev–Trinajstić information content (AvgIpc) is 2.63. The number of likely N-dealkylation sites (tertiary alicyclic amines) is 1. The van der Waals surface area contributed by atoms with Crippen LogP contribution >= 0.6 is 0 Å². The second kappa shape index (κ2) is 9.94. The minimum Gasteiger partial charge on any atom is -0.494 e. The molecule has 0 atom stereocenters. The molecule has 0 unspecified atom stereocenters. The quantitative estimate of drug-likeness (QED) is 0.658. The van der Waals surface area contributed by atoms with Crippen LogP contribution in [0.25, 0.3) is 0 Å². The van der Waals surface area contributed by atoms with Crippen LogP contribution in [0.15, 0.2) is 24.3 Å². The molecule has 1 fully saturated rings. The number of benzene rings is 1. The summed E-state index contributed by atoms with van der Waals surface area (Å²) in [6.07, 6.45) is -1.78. The first kappa shape index (κ1) is 21.5. The topological polar surface area (TPSA) is 53.0 Å². The van der Waals surface area contributed by atoms with Crippen LogP contribution in [0.5, 0.6) is 5.75 Å². The highest BCUT2D eigenvalue weighted by atomic mass is 19.4. The van der Waals surface area contributed by atoms with Crippen LogP contribution in [-0.4, -0.2) is 66.2 Å². The molecule has 1 aromatic rings. The minimum atomic E-state index is -4.36. The zero-order valence-electron chi connectivity index (χ0n) is 15.5. The molecule has 2 rings (SSSR count). The van der Waals surface area contributed by atoms with E-state index in [0.29, 0.717) is 12.6 Å². The first-order chi connectivity index (χ1) is 12.8. The third-order valence-corrected chi connectivity index (χ3v) is 4.87. The molecule has 0 saturated carbocycles. The Bertz CT molecular complexity index is 602. The van der Waals surface area contributed by atoms with Gasteiger partial charge in [0.1, 0.15) is 5.75 Å². The molecule has 0 aliphatic carbocycles. The van der Waals surface area contributed by atoms with Crippen molar-refractivity contribution in [3.63, 3.8) is 0 Å². The number of alkyl halides is 3. The van der Waals surface area contributed by atoms with E-state index in [2.05, 4.69) is 4.90 Å². The lowest BCUT2D eigenvalue weighted by atomic mass is 10.0. The van der Waals surface area contributed by atoms with Gasteiger partial charge in [-0.1, -0.05) is 13.0 Å². The number of carboxylic acid groups (broad SMARTS) is 1. The largest absolute Gasteiger partial charge is 0.494 e. The molecule has 152 valence electrons. The first-order valence-electron chi connectivity index (χ1n) is 9.28. The molecular weight excluding hydrogens is 361 g/mol. The molecule has 8 heteroatoms. The zero-order chi connectivity index (χ0) is 19.9. The summed E-state index contributed by atoms with van der Waals surface area (Å²) in [6, 6.07) is 5.22. The van der Waals surface area contributed by atoms with Crippen LogP contribution in [-0.2, 0) is 11.0 Å². The molecule has 1 aliphatic rings. The molecule has 1 saturated heterocycles. The summed E-state index contributed by atoms with van der Waals surface area (Å²) in [6.45, 7) is 5.74. The molecule has 1 aliphatic heterocycles. The molecule has 1 N–H and O–H groups in total.